The van der Waals surface area contributed by atoms with Crippen LogP contribution in [0.5, 0.6) is 0 Å². The van der Waals surface area contributed by atoms with Crippen molar-refractivity contribution in [1.82, 2.24) is 0 Å². The van der Waals surface area contributed by atoms with Gasteiger partial charge < -0.3 is 14.9 Å². The van der Waals surface area contributed by atoms with Crippen molar-refractivity contribution in [2.45, 2.75) is 83.3 Å². The Kier molecular flexibility index (Phi) is 10.4. The van der Waals surface area contributed by atoms with Crippen molar-refractivity contribution in [1.29, 1.82) is 0 Å². The van der Waals surface area contributed by atoms with Crippen LogP contribution in [0.3, 0.4) is 0 Å². The van der Waals surface area contributed by atoms with Crippen LogP contribution in [0, 0.1) is 17.8 Å². The van der Waals surface area contributed by atoms with Crippen molar-refractivity contribution in [2.75, 3.05) is 6.61 Å². The Hall–Kier alpha value is -1.38. The third-order valence-corrected chi connectivity index (χ3v) is 4.23. The molecule has 0 aromatic rings. The average Bonchev–Trinajstić information content (AvgIpc) is 2.89. The topological polar surface area (TPSA) is 83.8 Å². The molecule has 24 heavy (non-hydrogen) atoms. The summed E-state index contributed by atoms with van der Waals surface area (Å²) in [6.07, 6.45) is 6.24. The number of carboxylic acids is 1. The summed E-state index contributed by atoms with van der Waals surface area (Å²) >= 11 is 0. The van der Waals surface area contributed by atoms with Gasteiger partial charge in [0.15, 0.2) is 5.78 Å². The Morgan fingerprint density at radius 3 is 2.79 bits per heavy atom. The van der Waals surface area contributed by atoms with E-state index in [0.717, 1.165) is 32.1 Å². The van der Waals surface area contributed by atoms with Gasteiger partial charge in [-0.05, 0) is 32.1 Å². The Balaban J connectivity index is 2.31. The minimum Gasteiger partial charge on any atom is -0.481 e. The summed E-state index contributed by atoms with van der Waals surface area (Å²) in [7, 11) is 0. The van der Waals surface area contributed by atoms with E-state index in [1.165, 1.54) is 0 Å². The maximum atomic E-state index is 11.9. The smallest absolute Gasteiger partial charge is 0.303 e. The Labute approximate surface area is 144 Å². The van der Waals surface area contributed by atoms with E-state index in [4.69, 9.17) is 9.84 Å². The van der Waals surface area contributed by atoms with Gasteiger partial charge in [-0.15, -0.1) is 0 Å². The number of carboxylic acid groups (broad SMARTS) is 1. The largest absolute Gasteiger partial charge is 0.481 e. The van der Waals surface area contributed by atoms with Crippen molar-refractivity contribution in [3.05, 3.63) is 0 Å². The number of aliphatic carboxylic acids is 1. The molecule has 0 aromatic carbocycles. The highest BCUT2D eigenvalue weighted by atomic mass is 16.5. The number of aliphatic hydroxyl groups is 1. The summed E-state index contributed by atoms with van der Waals surface area (Å²) in [5.74, 6) is 5.07. The summed E-state index contributed by atoms with van der Waals surface area (Å²) in [5, 5.41) is 18.4. The number of carbonyl (C=O) groups is 2. The van der Waals surface area contributed by atoms with E-state index in [9.17, 15) is 14.7 Å². The van der Waals surface area contributed by atoms with Crippen molar-refractivity contribution in [3.8, 4) is 11.8 Å². The lowest BCUT2D eigenvalue weighted by atomic mass is 10.0. The second-order valence-electron chi connectivity index (χ2n) is 6.41. The third kappa shape index (κ3) is 8.47. The van der Waals surface area contributed by atoms with Gasteiger partial charge in [-0.1, -0.05) is 38.0 Å². The number of carbonyl (C=O) groups excluding carboxylic acids is 1. The molecular formula is C19H30O5. The first-order valence-corrected chi connectivity index (χ1v) is 9.09. The van der Waals surface area contributed by atoms with E-state index < -0.39 is 18.2 Å². The molecule has 0 radical (unpaired) electrons. The van der Waals surface area contributed by atoms with Crippen LogP contribution < -0.4 is 0 Å². The lowest BCUT2D eigenvalue weighted by Gasteiger charge is -2.14. The number of Topliss-reactive ketones (excluding diaryl/α,β-unsaturated/α-hetero) is 1. The van der Waals surface area contributed by atoms with Crippen LogP contribution in [-0.2, 0) is 14.3 Å². The molecule has 136 valence electrons. The number of ketones is 1. The Morgan fingerprint density at radius 1 is 1.29 bits per heavy atom. The van der Waals surface area contributed by atoms with Gasteiger partial charge in [0.05, 0.1) is 5.92 Å². The maximum absolute atomic E-state index is 11.9. The zero-order chi connectivity index (χ0) is 17.8. The summed E-state index contributed by atoms with van der Waals surface area (Å²) in [6.45, 7) is 2.57. The fourth-order valence-corrected chi connectivity index (χ4v) is 2.80. The second-order valence-corrected chi connectivity index (χ2v) is 6.41. The fourth-order valence-electron chi connectivity index (χ4n) is 2.80. The molecule has 1 saturated carbocycles. The maximum Gasteiger partial charge on any atom is 0.303 e. The van der Waals surface area contributed by atoms with E-state index in [1.54, 1.807) is 0 Å². The second kappa shape index (κ2) is 12.0. The van der Waals surface area contributed by atoms with Crippen LogP contribution in [-0.4, -0.2) is 40.8 Å². The SMILES string of the molecule is CCCCCC(O)C#CC1CCC(=O)C1OCCCCCC(=O)O. The Morgan fingerprint density at radius 2 is 2.08 bits per heavy atom. The van der Waals surface area contributed by atoms with Gasteiger partial charge in [0, 0.05) is 19.4 Å². The molecule has 5 nitrogen and oxygen atoms in total. The van der Waals surface area contributed by atoms with Crippen LogP contribution in [0.1, 0.15) is 71.1 Å². The van der Waals surface area contributed by atoms with Crippen LogP contribution in [0.4, 0.5) is 0 Å². The minimum absolute atomic E-state index is 0.0836. The molecule has 0 heterocycles. The zero-order valence-electron chi connectivity index (χ0n) is 14.6. The normalized spacial score (nSPS) is 21.3. The van der Waals surface area contributed by atoms with E-state index in [-0.39, 0.29) is 18.1 Å². The molecule has 0 aliphatic heterocycles. The van der Waals surface area contributed by atoms with Crippen LogP contribution >= 0.6 is 0 Å². The van der Waals surface area contributed by atoms with Gasteiger partial charge in [-0.25, -0.2) is 0 Å². The van der Waals surface area contributed by atoms with Crippen LogP contribution in [0.15, 0.2) is 0 Å². The van der Waals surface area contributed by atoms with Gasteiger partial charge in [0.25, 0.3) is 0 Å². The molecule has 0 saturated heterocycles. The van der Waals surface area contributed by atoms with Gasteiger partial charge in [0.2, 0.25) is 0 Å². The molecule has 3 atom stereocenters. The Bertz CT molecular complexity index is 448. The highest BCUT2D eigenvalue weighted by Crippen LogP contribution is 2.25. The van der Waals surface area contributed by atoms with E-state index in [0.29, 0.717) is 32.3 Å². The quantitative estimate of drug-likeness (QED) is 0.447. The molecule has 5 heteroatoms. The summed E-state index contributed by atoms with van der Waals surface area (Å²) in [4.78, 5) is 22.3. The predicted octanol–water partition coefficient (Wildman–Crippen LogP) is 2.94. The summed E-state index contributed by atoms with van der Waals surface area (Å²) in [5.41, 5.74) is 0. The molecule has 0 amide bonds. The van der Waals surface area contributed by atoms with Crippen molar-refractivity contribution in [2.24, 2.45) is 5.92 Å². The lowest BCUT2D eigenvalue weighted by molar-refractivity contribution is -0.137. The van der Waals surface area contributed by atoms with Crippen molar-refractivity contribution < 1.29 is 24.5 Å². The van der Waals surface area contributed by atoms with Gasteiger partial charge >= 0.3 is 5.97 Å². The van der Waals surface area contributed by atoms with Crippen LogP contribution in [0.2, 0.25) is 0 Å². The first-order chi connectivity index (χ1) is 11.5. The van der Waals surface area contributed by atoms with Crippen molar-refractivity contribution >= 4 is 11.8 Å². The van der Waals surface area contributed by atoms with Gasteiger partial charge in [-0.2, -0.15) is 0 Å². The molecule has 1 fully saturated rings. The summed E-state index contributed by atoms with van der Waals surface area (Å²) < 4.78 is 5.68. The molecule has 1 aliphatic carbocycles. The fraction of sp³-hybridized carbons (Fsp3) is 0.789. The minimum atomic E-state index is -0.783. The highest BCUT2D eigenvalue weighted by Gasteiger charge is 2.34. The van der Waals surface area contributed by atoms with E-state index >= 15 is 0 Å². The molecular weight excluding hydrogens is 308 g/mol. The number of hydrogen-bond acceptors (Lipinski definition) is 4. The molecule has 1 aliphatic rings. The standard InChI is InChI=1S/C19H30O5/c1-2-3-5-8-16(20)12-10-15-11-13-17(21)19(15)24-14-7-4-6-9-18(22)23/h15-16,19-20H,2-9,11,13-14H2,1H3,(H,22,23). The number of unbranched alkanes of at least 4 members (excludes halogenated alkanes) is 4. The first kappa shape index (κ1) is 20.7. The number of aliphatic hydroxyl groups excluding tert-OH is 1. The highest BCUT2D eigenvalue weighted by molar-refractivity contribution is 5.86. The first-order valence-electron chi connectivity index (χ1n) is 9.09. The van der Waals surface area contributed by atoms with Crippen LogP contribution in [0.25, 0.3) is 0 Å². The number of rotatable bonds is 11. The molecule has 1 rings (SSSR count). The monoisotopic (exact) mass is 338 g/mol. The molecule has 0 aromatic heterocycles. The van der Waals surface area contributed by atoms with E-state index in [1.807, 2.05) is 0 Å². The van der Waals surface area contributed by atoms with Gasteiger partial charge in [0.1, 0.15) is 12.2 Å². The third-order valence-electron chi connectivity index (χ3n) is 4.23. The van der Waals surface area contributed by atoms with Gasteiger partial charge in [-0.3, -0.25) is 9.59 Å². The number of ether oxygens (including phenoxy) is 1. The van der Waals surface area contributed by atoms with E-state index in [2.05, 4.69) is 18.8 Å². The summed E-state index contributed by atoms with van der Waals surface area (Å²) in [6, 6.07) is 0. The lowest BCUT2D eigenvalue weighted by Crippen LogP contribution is -2.25. The zero-order valence-corrected chi connectivity index (χ0v) is 14.6. The average molecular weight is 338 g/mol. The predicted molar refractivity (Wildman–Crippen MR) is 91.5 cm³/mol. The molecule has 0 spiro atoms. The molecule has 2 N–H and O–H groups in total. The molecule has 0 bridgehead atoms. The number of hydrogen-bond donors (Lipinski definition) is 2. The van der Waals surface area contributed by atoms with Crippen molar-refractivity contribution in [3.63, 3.8) is 0 Å². The molecule has 3 unspecified atom stereocenters.